The molecule has 0 amide bonds. The van der Waals surface area contributed by atoms with Crippen molar-refractivity contribution in [3.05, 3.63) is 42.1 Å². The van der Waals surface area contributed by atoms with Gasteiger partial charge in [0.15, 0.2) is 6.23 Å². The van der Waals surface area contributed by atoms with Gasteiger partial charge in [0.1, 0.15) is 0 Å². The molecule has 1 aliphatic heterocycles. The highest BCUT2D eigenvalue weighted by Gasteiger charge is 2.27. The molecule has 1 aliphatic rings. The van der Waals surface area contributed by atoms with Gasteiger partial charge in [-0.25, -0.2) is 0 Å². The van der Waals surface area contributed by atoms with Crippen LogP contribution in [0.15, 0.2) is 30.3 Å². The minimum atomic E-state index is 0.408. The number of benzene rings is 1. The molecule has 1 heterocycles. The van der Waals surface area contributed by atoms with E-state index in [2.05, 4.69) is 0 Å². The van der Waals surface area contributed by atoms with E-state index in [0.29, 0.717) is 6.23 Å². The third-order valence-corrected chi connectivity index (χ3v) is 1.78. The molecule has 0 spiro atoms. The molecule has 0 bridgehead atoms. The summed E-state index contributed by atoms with van der Waals surface area (Å²) in [6.07, 6.45) is 0.408. The first-order chi connectivity index (χ1) is 5.38. The van der Waals surface area contributed by atoms with Gasteiger partial charge < -0.3 is 5.11 Å². The van der Waals surface area contributed by atoms with Crippen LogP contribution in [0.3, 0.4) is 0 Å². The number of aliphatic hydroxyl groups excluding tert-OH is 1. The van der Waals surface area contributed by atoms with E-state index in [9.17, 15) is 5.11 Å². The van der Waals surface area contributed by atoms with Crippen molar-refractivity contribution < 1.29 is 5.11 Å². The van der Waals surface area contributed by atoms with Crippen molar-refractivity contribution in [3.63, 3.8) is 0 Å². The quantitative estimate of drug-likeness (QED) is 0.637. The van der Waals surface area contributed by atoms with Gasteiger partial charge in [0.05, 0.1) is 0 Å². The first-order valence-corrected chi connectivity index (χ1v) is 3.74. The second kappa shape index (κ2) is 2.64. The highest BCUT2D eigenvalue weighted by molar-refractivity contribution is 5.26. The first-order valence-electron chi connectivity index (χ1n) is 3.74. The minimum Gasteiger partial charge on any atom is -0.367 e. The average Bonchev–Trinajstić information content (AvgIpc) is 2.87. The number of rotatable bonds is 2. The molecule has 0 atom stereocenters. The number of hydrogen-bond acceptors (Lipinski definition) is 2. The maximum absolute atomic E-state index is 9.50. The zero-order valence-electron chi connectivity index (χ0n) is 6.20. The van der Waals surface area contributed by atoms with Crippen molar-refractivity contribution in [2.24, 2.45) is 0 Å². The Morgan fingerprint density at radius 3 is 2.36 bits per heavy atom. The van der Waals surface area contributed by atoms with Crippen molar-refractivity contribution in [2.45, 2.75) is 0 Å². The van der Waals surface area contributed by atoms with Crippen molar-refractivity contribution in [1.82, 2.24) is 4.90 Å². The maximum atomic E-state index is 9.50. The number of nitrogens with zero attached hydrogens (tertiary/aromatic N) is 1. The molecule has 2 heteroatoms. The van der Waals surface area contributed by atoms with Crippen molar-refractivity contribution in [3.8, 4) is 0 Å². The Bertz CT molecular complexity index is 231. The van der Waals surface area contributed by atoms with Crippen LogP contribution in [0, 0.1) is 6.23 Å². The smallest absolute Gasteiger partial charge is 0.192 e. The standard InChI is InChI=1S/C9H10NO/c11-9(10-6-7-10)8-4-2-1-3-5-8/h1-5,11H,6-7H2. The molecular weight excluding hydrogens is 138 g/mol. The highest BCUT2D eigenvalue weighted by Crippen LogP contribution is 2.21. The van der Waals surface area contributed by atoms with Crippen LogP contribution >= 0.6 is 0 Å². The Balaban J connectivity index is 2.15. The third kappa shape index (κ3) is 1.42. The first kappa shape index (κ1) is 6.83. The second-order valence-corrected chi connectivity index (χ2v) is 2.68. The summed E-state index contributed by atoms with van der Waals surface area (Å²) in [6, 6.07) is 9.62. The van der Waals surface area contributed by atoms with Crippen molar-refractivity contribution >= 4 is 0 Å². The summed E-state index contributed by atoms with van der Waals surface area (Å²) < 4.78 is 0. The average molecular weight is 148 g/mol. The summed E-state index contributed by atoms with van der Waals surface area (Å²) in [4.78, 5) is 1.93. The van der Waals surface area contributed by atoms with Gasteiger partial charge in [-0.05, 0) is 0 Å². The lowest BCUT2D eigenvalue weighted by Gasteiger charge is -2.08. The molecule has 57 valence electrons. The summed E-state index contributed by atoms with van der Waals surface area (Å²) in [6.45, 7) is 1.97. The molecule has 0 aliphatic carbocycles. The van der Waals surface area contributed by atoms with Gasteiger partial charge >= 0.3 is 0 Å². The van der Waals surface area contributed by atoms with E-state index in [1.807, 2.05) is 35.2 Å². The van der Waals surface area contributed by atoms with E-state index in [0.717, 1.165) is 18.7 Å². The lowest BCUT2D eigenvalue weighted by Crippen LogP contribution is -2.08. The van der Waals surface area contributed by atoms with Crippen LogP contribution in [-0.2, 0) is 0 Å². The van der Waals surface area contributed by atoms with Crippen LogP contribution in [0.4, 0.5) is 0 Å². The third-order valence-electron chi connectivity index (χ3n) is 1.78. The molecule has 1 aromatic rings. The molecule has 0 saturated carbocycles. The predicted molar refractivity (Wildman–Crippen MR) is 42.3 cm³/mol. The molecular formula is C9H10NO. The molecule has 1 radical (unpaired) electrons. The largest absolute Gasteiger partial charge is 0.367 e. The summed E-state index contributed by atoms with van der Waals surface area (Å²) in [5, 5.41) is 9.50. The molecule has 1 aromatic carbocycles. The molecule has 0 unspecified atom stereocenters. The highest BCUT2D eigenvalue weighted by atomic mass is 16.3. The predicted octanol–water partition coefficient (Wildman–Crippen LogP) is 1.21. The van der Waals surface area contributed by atoms with Gasteiger partial charge in [0, 0.05) is 18.7 Å². The maximum Gasteiger partial charge on any atom is 0.192 e. The van der Waals surface area contributed by atoms with E-state index in [1.165, 1.54) is 0 Å². The Morgan fingerprint density at radius 1 is 1.18 bits per heavy atom. The van der Waals surface area contributed by atoms with Crippen LogP contribution in [0.2, 0.25) is 0 Å². The minimum absolute atomic E-state index is 0.408. The fourth-order valence-corrected chi connectivity index (χ4v) is 1.03. The SMILES string of the molecule is O[C](c1ccccc1)N1CC1. The Hall–Kier alpha value is -0.860. The van der Waals surface area contributed by atoms with Gasteiger partial charge in [-0.3, -0.25) is 4.90 Å². The lowest BCUT2D eigenvalue weighted by atomic mass is 10.2. The lowest BCUT2D eigenvalue weighted by molar-refractivity contribution is 0.233. The molecule has 0 aromatic heterocycles. The summed E-state index contributed by atoms with van der Waals surface area (Å²) >= 11 is 0. The molecule has 11 heavy (non-hydrogen) atoms. The van der Waals surface area contributed by atoms with Gasteiger partial charge in [-0.1, -0.05) is 30.3 Å². The zero-order chi connectivity index (χ0) is 7.68. The normalized spacial score (nSPS) is 17.3. The summed E-state index contributed by atoms with van der Waals surface area (Å²) in [7, 11) is 0. The Labute approximate surface area is 66.1 Å². The van der Waals surface area contributed by atoms with Crippen LogP contribution in [-0.4, -0.2) is 23.1 Å². The molecule has 1 N–H and O–H groups in total. The van der Waals surface area contributed by atoms with Crippen LogP contribution < -0.4 is 0 Å². The summed E-state index contributed by atoms with van der Waals surface area (Å²) in [5.74, 6) is 0. The van der Waals surface area contributed by atoms with E-state index in [4.69, 9.17) is 0 Å². The van der Waals surface area contributed by atoms with Crippen molar-refractivity contribution in [2.75, 3.05) is 13.1 Å². The number of hydrogen-bond donors (Lipinski definition) is 1. The van der Waals surface area contributed by atoms with E-state index >= 15 is 0 Å². The Morgan fingerprint density at radius 2 is 1.82 bits per heavy atom. The fourth-order valence-electron chi connectivity index (χ4n) is 1.03. The monoisotopic (exact) mass is 148 g/mol. The van der Waals surface area contributed by atoms with Gasteiger partial charge in [-0.15, -0.1) is 0 Å². The van der Waals surface area contributed by atoms with Crippen LogP contribution in [0.5, 0.6) is 0 Å². The summed E-state index contributed by atoms with van der Waals surface area (Å²) in [5.41, 5.74) is 0.907. The molecule has 2 rings (SSSR count). The van der Waals surface area contributed by atoms with E-state index < -0.39 is 0 Å². The van der Waals surface area contributed by atoms with Gasteiger partial charge in [-0.2, -0.15) is 0 Å². The van der Waals surface area contributed by atoms with Gasteiger partial charge in [0.25, 0.3) is 0 Å². The topological polar surface area (TPSA) is 23.2 Å². The van der Waals surface area contributed by atoms with Crippen LogP contribution in [0.1, 0.15) is 5.56 Å². The second-order valence-electron chi connectivity index (χ2n) is 2.68. The molecule has 1 saturated heterocycles. The number of aliphatic hydroxyl groups is 1. The van der Waals surface area contributed by atoms with E-state index in [1.54, 1.807) is 0 Å². The van der Waals surface area contributed by atoms with Gasteiger partial charge in [0.2, 0.25) is 0 Å². The molecule has 1 fully saturated rings. The fraction of sp³-hybridized carbons (Fsp3) is 0.222. The molecule has 2 nitrogen and oxygen atoms in total. The Kier molecular flexibility index (Phi) is 1.64. The zero-order valence-corrected chi connectivity index (χ0v) is 6.20. The van der Waals surface area contributed by atoms with Crippen molar-refractivity contribution in [1.29, 1.82) is 0 Å². The van der Waals surface area contributed by atoms with Crippen LogP contribution in [0.25, 0.3) is 0 Å². The van der Waals surface area contributed by atoms with E-state index in [-0.39, 0.29) is 0 Å².